The average Bonchev–Trinajstić information content (AvgIpc) is 3.48. The van der Waals surface area contributed by atoms with Crippen molar-refractivity contribution in [3.8, 4) is 11.3 Å². The van der Waals surface area contributed by atoms with Crippen LogP contribution < -0.4 is 14.9 Å². The molecule has 2 N–H and O–H groups in total. The molecule has 44 heavy (non-hydrogen) atoms. The van der Waals surface area contributed by atoms with Gasteiger partial charge in [0.2, 0.25) is 10.0 Å². The summed E-state index contributed by atoms with van der Waals surface area (Å²) in [6.45, 7) is 7.70. The number of aromatic nitrogens is 3. The van der Waals surface area contributed by atoms with Gasteiger partial charge in [0.15, 0.2) is 11.5 Å². The number of hydrogen-bond acceptors (Lipinski definition) is 6. The van der Waals surface area contributed by atoms with E-state index in [0.717, 1.165) is 36.5 Å². The Bertz CT molecular complexity index is 1690. The van der Waals surface area contributed by atoms with Crippen LogP contribution in [0.3, 0.4) is 0 Å². The normalized spacial score (nSPS) is 14.2. The molecule has 0 aliphatic carbocycles. The molecule has 2 aromatic carbocycles. The Morgan fingerprint density at radius 2 is 1.70 bits per heavy atom. The van der Waals surface area contributed by atoms with Crippen LogP contribution >= 0.6 is 0 Å². The monoisotopic (exact) mass is 630 g/mol. The Morgan fingerprint density at radius 1 is 1.00 bits per heavy atom. The zero-order valence-electron chi connectivity index (χ0n) is 25.4. The second-order valence-electron chi connectivity index (χ2n) is 10.5. The minimum absolute atomic E-state index is 0. The van der Waals surface area contributed by atoms with Gasteiger partial charge < -0.3 is 10.2 Å². The van der Waals surface area contributed by atoms with Gasteiger partial charge in [-0.25, -0.2) is 26.7 Å². The summed E-state index contributed by atoms with van der Waals surface area (Å²) in [4.78, 5) is 19.7. The molecule has 0 atom stereocenters. The molecule has 12 heteroatoms. The number of rotatable bonds is 8. The Kier molecular flexibility index (Phi) is 11.3. The first-order chi connectivity index (χ1) is 21.2. The van der Waals surface area contributed by atoms with Gasteiger partial charge in [0, 0.05) is 33.3 Å². The highest BCUT2D eigenvalue weighted by Gasteiger charge is 2.23. The molecule has 2 aromatic heterocycles. The van der Waals surface area contributed by atoms with Crippen LogP contribution in [0, 0.1) is 11.6 Å². The smallest absolute Gasteiger partial charge is 0.261 e. The lowest BCUT2D eigenvalue weighted by Gasteiger charge is -2.24. The second kappa shape index (κ2) is 15.1. The number of nitrogens with one attached hydrogen (secondary N) is 2. The molecule has 1 amide bonds. The lowest BCUT2D eigenvalue weighted by Crippen LogP contribution is -2.25. The van der Waals surface area contributed by atoms with E-state index in [4.69, 9.17) is 0 Å². The summed E-state index contributed by atoms with van der Waals surface area (Å²) in [6.07, 6.45) is 10.6. The van der Waals surface area contributed by atoms with E-state index in [1.165, 1.54) is 55.4 Å². The minimum atomic E-state index is -3.85. The number of carbonyl (C=O) groups excluding carboxylic acids is 1. The Balaban J connectivity index is 0.00000181. The zero-order valence-corrected chi connectivity index (χ0v) is 26.3. The maximum atomic E-state index is 15.1. The van der Waals surface area contributed by atoms with Gasteiger partial charge in [-0.2, -0.15) is 5.10 Å². The van der Waals surface area contributed by atoms with E-state index in [1.807, 2.05) is 32.0 Å². The summed E-state index contributed by atoms with van der Waals surface area (Å²) in [7, 11) is -3.85. The van der Waals surface area contributed by atoms with Gasteiger partial charge in [-0.05, 0) is 43.5 Å². The number of anilines is 3. The largest absolute Gasteiger partial charge is 0.372 e. The van der Waals surface area contributed by atoms with Crippen molar-refractivity contribution in [3.63, 3.8) is 0 Å². The maximum absolute atomic E-state index is 15.1. The number of fused-ring (bicyclic) bond motifs is 1. The number of benzene rings is 2. The van der Waals surface area contributed by atoms with Crippen molar-refractivity contribution in [1.82, 2.24) is 14.6 Å². The van der Waals surface area contributed by atoms with Crippen molar-refractivity contribution in [1.29, 1.82) is 0 Å². The van der Waals surface area contributed by atoms with Gasteiger partial charge in [0.1, 0.15) is 11.4 Å². The predicted molar refractivity (Wildman–Crippen MR) is 176 cm³/mol. The molecule has 0 bridgehead atoms. The van der Waals surface area contributed by atoms with Crippen molar-refractivity contribution in [2.24, 2.45) is 0 Å². The standard InChI is InChI=1S/C30H34F2N6O3S.C2H6.2H2/c1-2-16-42(40,41)36-25-13-12-24(31)28(29(25)32)30(39)34-22-19-33-27-18-26(35-38(27)20-22)21-10-9-11-23(17-21)37-14-7-5-3-4-6-8-15-37;1-2;;/h9-13,17-20,36H,2-8,14-16H2,1H3,(H,34,39);1-2H3;2*1H. The molecule has 240 valence electrons. The average molecular weight is 631 g/mol. The lowest BCUT2D eigenvalue weighted by atomic mass is 10.1. The molecule has 1 aliphatic heterocycles. The van der Waals surface area contributed by atoms with E-state index in [0.29, 0.717) is 17.8 Å². The molecule has 1 aliphatic rings. The van der Waals surface area contributed by atoms with Gasteiger partial charge in [-0.15, -0.1) is 0 Å². The number of halogens is 2. The van der Waals surface area contributed by atoms with Crippen LogP contribution in [0.25, 0.3) is 16.9 Å². The highest BCUT2D eigenvalue weighted by Crippen LogP contribution is 2.27. The molecular formula is C32H44F2N6O3S. The number of sulfonamides is 1. The first-order valence-corrected chi connectivity index (χ1v) is 16.9. The van der Waals surface area contributed by atoms with Crippen LogP contribution in [-0.2, 0) is 10.0 Å². The maximum Gasteiger partial charge on any atom is 0.261 e. The number of nitrogens with zero attached hydrogens (tertiary/aromatic N) is 4. The van der Waals surface area contributed by atoms with Gasteiger partial charge in [0.25, 0.3) is 5.91 Å². The van der Waals surface area contributed by atoms with Crippen LogP contribution in [0.15, 0.2) is 54.9 Å². The predicted octanol–water partition coefficient (Wildman–Crippen LogP) is 7.76. The lowest BCUT2D eigenvalue weighted by molar-refractivity contribution is 0.101. The summed E-state index contributed by atoms with van der Waals surface area (Å²) in [5.74, 6) is -3.77. The Hall–Kier alpha value is -4.06. The first kappa shape index (κ1) is 32.8. The van der Waals surface area contributed by atoms with Crippen molar-refractivity contribution < 1.29 is 24.8 Å². The summed E-state index contributed by atoms with van der Waals surface area (Å²) in [5, 5.41) is 7.06. The Morgan fingerprint density at radius 3 is 2.41 bits per heavy atom. The van der Waals surface area contributed by atoms with E-state index in [9.17, 15) is 17.6 Å². The fraction of sp³-hybridized carbons (Fsp3) is 0.406. The SMILES string of the molecule is CC.CCCS(=O)(=O)Nc1ccc(F)c(C(=O)Nc2cnc3cc(-c4cccc(N5CCCCCCCC5)c4)nn3c2)c1F.[HH].[HH]. The van der Waals surface area contributed by atoms with Gasteiger partial charge in [-0.1, -0.05) is 58.6 Å². The van der Waals surface area contributed by atoms with Gasteiger partial charge in [0.05, 0.1) is 35.2 Å². The zero-order chi connectivity index (χ0) is 31.7. The quantitative estimate of drug-likeness (QED) is 0.206. The number of carbonyl (C=O) groups is 1. The third-order valence-corrected chi connectivity index (χ3v) is 8.72. The number of amides is 1. The molecule has 9 nitrogen and oxygen atoms in total. The van der Waals surface area contributed by atoms with Gasteiger partial charge in [-0.3, -0.25) is 9.52 Å². The fourth-order valence-electron chi connectivity index (χ4n) is 5.15. The van der Waals surface area contributed by atoms with Crippen molar-refractivity contribution >= 4 is 38.6 Å². The molecule has 1 saturated heterocycles. The minimum Gasteiger partial charge on any atom is -0.372 e. The third-order valence-electron chi connectivity index (χ3n) is 7.24. The van der Waals surface area contributed by atoms with E-state index < -0.39 is 38.8 Å². The fourth-order valence-corrected chi connectivity index (χ4v) is 6.28. The molecule has 0 saturated carbocycles. The molecule has 1 fully saturated rings. The van der Waals surface area contributed by atoms with Crippen LogP contribution in [0.2, 0.25) is 0 Å². The van der Waals surface area contributed by atoms with E-state index in [-0.39, 0.29) is 14.3 Å². The number of hydrogen-bond donors (Lipinski definition) is 2. The van der Waals surface area contributed by atoms with Crippen molar-refractivity contribution in [2.45, 2.75) is 65.7 Å². The second-order valence-corrected chi connectivity index (χ2v) is 12.3. The summed E-state index contributed by atoms with van der Waals surface area (Å²) < 4.78 is 57.3. The molecule has 4 aromatic rings. The van der Waals surface area contributed by atoms with Crippen LogP contribution in [0.5, 0.6) is 0 Å². The first-order valence-electron chi connectivity index (χ1n) is 15.2. The summed E-state index contributed by atoms with van der Waals surface area (Å²) in [5.41, 5.74) is 2.04. The molecule has 5 rings (SSSR count). The van der Waals surface area contributed by atoms with Gasteiger partial charge >= 0.3 is 0 Å². The van der Waals surface area contributed by atoms with Crippen molar-refractivity contribution in [3.05, 3.63) is 72.1 Å². The van der Waals surface area contributed by atoms with E-state index in [1.54, 1.807) is 6.92 Å². The third kappa shape index (κ3) is 8.10. The highest BCUT2D eigenvalue weighted by molar-refractivity contribution is 7.92. The Labute approximate surface area is 260 Å². The van der Waals surface area contributed by atoms with E-state index in [2.05, 4.69) is 37.2 Å². The van der Waals surface area contributed by atoms with Crippen molar-refractivity contribution in [2.75, 3.05) is 33.8 Å². The summed E-state index contributed by atoms with van der Waals surface area (Å²) in [6, 6.07) is 11.8. The van der Waals surface area contributed by atoms with E-state index >= 15 is 4.39 Å². The van der Waals surface area contributed by atoms with Crippen LogP contribution in [0.4, 0.5) is 25.8 Å². The topological polar surface area (TPSA) is 109 Å². The molecule has 0 spiro atoms. The molecule has 3 heterocycles. The van der Waals surface area contributed by atoms with Crippen LogP contribution in [0.1, 0.15) is 78.9 Å². The molecular weight excluding hydrogens is 586 g/mol. The highest BCUT2D eigenvalue weighted by atomic mass is 32.2. The molecule has 0 radical (unpaired) electrons. The summed E-state index contributed by atoms with van der Waals surface area (Å²) >= 11 is 0. The van der Waals surface area contributed by atoms with Crippen LogP contribution in [-0.4, -0.2) is 47.8 Å². The molecule has 0 unspecified atom stereocenters.